The number of hydrogen-bond donors (Lipinski definition) is 1. The lowest BCUT2D eigenvalue weighted by Gasteiger charge is -2.05. The first kappa shape index (κ1) is 15.2. The number of halogens is 1. The number of benzene rings is 1. The summed E-state index contributed by atoms with van der Waals surface area (Å²) in [6.45, 7) is 0.667. The van der Waals surface area contributed by atoms with Crippen molar-refractivity contribution in [3.05, 3.63) is 65.7 Å². The van der Waals surface area contributed by atoms with Gasteiger partial charge in [0.15, 0.2) is 0 Å². The highest BCUT2D eigenvalue weighted by molar-refractivity contribution is 5.78. The summed E-state index contributed by atoms with van der Waals surface area (Å²) in [5.41, 5.74) is 2.04. The molecule has 0 radical (unpaired) electrons. The number of aromatic nitrogens is 1. The fraction of sp³-hybridized carbons (Fsp3) is 0.294. The number of unbranched alkanes of at least 4 members (excludes halogenated alkanes) is 1. The van der Waals surface area contributed by atoms with E-state index in [-0.39, 0.29) is 11.7 Å². The summed E-state index contributed by atoms with van der Waals surface area (Å²) < 4.78 is 12.7. The SMILES string of the molecule is O=C(Cc1ccc(F)cc1)NCCCCc1cccnc1. The van der Waals surface area contributed by atoms with E-state index in [1.54, 1.807) is 18.3 Å². The molecule has 1 aromatic heterocycles. The van der Waals surface area contributed by atoms with Gasteiger partial charge in [0.2, 0.25) is 5.91 Å². The van der Waals surface area contributed by atoms with Crippen LogP contribution >= 0.6 is 0 Å². The summed E-state index contributed by atoms with van der Waals surface area (Å²) in [4.78, 5) is 15.8. The van der Waals surface area contributed by atoms with Crippen LogP contribution < -0.4 is 5.32 Å². The Bertz CT molecular complexity index is 555. The molecule has 0 aliphatic heterocycles. The molecule has 0 unspecified atom stereocenters. The number of rotatable bonds is 7. The molecule has 2 rings (SSSR count). The predicted octanol–water partition coefficient (Wildman–Crippen LogP) is 2.90. The van der Waals surface area contributed by atoms with Crippen molar-refractivity contribution >= 4 is 5.91 Å². The van der Waals surface area contributed by atoms with Crippen molar-refractivity contribution in [3.8, 4) is 0 Å². The third kappa shape index (κ3) is 5.73. The summed E-state index contributed by atoms with van der Waals surface area (Å²) in [6, 6.07) is 10.0. The molecule has 3 nitrogen and oxygen atoms in total. The number of aryl methyl sites for hydroxylation is 1. The molecule has 21 heavy (non-hydrogen) atoms. The number of carbonyl (C=O) groups excluding carboxylic acids is 1. The van der Waals surface area contributed by atoms with Crippen molar-refractivity contribution in [1.82, 2.24) is 10.3 Å². The van der Waals surface area contributed by atoms with Gasteiger partial charge in [-0.15, -0.1) is 0 Å². The van der Waals surface area contributed by atoms with Gasteiger partial charge in [-0.05, 0) is 48.6 Å². The maximum Gasteiger partial charge on any atom is 0.224 e. The molecule has 0 atom stereocenters. The second-order valence-corrected chi connectivity index (χ2v) is 4.97. The largest absolute Gasteiger partial charge is 0.356 e. The number of nitrogens with one attached hydrogen (secondary N) is 1. The molecule has 1 heterocycles. The maximum atomic E-state index is 12.7. The standard InChI is InChI=1S/C17H19FN2O/c18-16-8-6-14(7-9-16)12-17(21)20-11-2-1-4-15-5-3-10-19-13-15/h3,5-10,13H,1-2,4,11-12H2,(H,20,21). The minimum absolute atomic E-state index is 0.0250. The van der Waals surface area contributed by atoms with Gasteiger partial charge in [0.05, 0.1) is 6.42 Å². The Morgan fingerprint density at radius 3 is 2.62 bits per heavy atom. The quantitative estimate of drug-likeness (QED) is 0.795. The van der Waals surface area contributed by atoms with Gasteiger partial charge in [-0.2, -0.15) is 0 Å². The first-order chi connectivity index (χ1) is 10.2. The molecule has 0 fully saturated rings. The van der Waals surface area contributed by atoms with Gasteiger partial charge in [-0.1, -0.05) is 18.2 Å². The average molecular weight is 286 g/mol. The Balaban J connectivity index is 1.60. The minimum atomic E-state index is -0.283. The van der Waals surface area contributed by atoms with Gasteiger partial charge < -0.3 is 5.32 Å². The van der Waals surface area contributed by atoms with E-state index in [2.05, 4.69) is 16.4 Å². The van der Waals surface area contributed by atoms with Crippen LogP contribution in [0.1, 0.15) is 24.0 Å². The Kier molecular flexibility index (Phi) is 5.88. The maximum absolute atomic E-state index is 12.7. The van der Waals surface area contributed by atoms with Gasteiger partial charge in [0.1, 0.15) is 5.82 Å². The molecule has 110 valence electrons. The molecule has 0 saturated carbocycles. The molecular formula is C17H19FN2O. The lowest BCUT2D eigenvalue weighted by Crippen LogP contribution is -2.26. The second kappa shape index (κ2) is 8.15. The first-order valence-corrected chi connectivity index (χ1v) is 7.14. The van der Waals surface area contributed by atoms with Crippen molar-refractivity contribution in [2.45, 2.75) is 25.7 Å². The van der Waals surface area contributed by atoms with Crippen LogP contribution in [0.2, 0.25) is 0 Å². The summed E-state index contributed by atoms with van der Waals surface area (Å²) >= 11 is 0. The summed E-state index contributed by atoms with van der Waals surface area (Å²) in [7, 11) is 0. The molecule has 0 aliphatic rings. The van der Waals surface area contributed by atoms with Crippen LogP contribution in [0, 0.1) is 5.82 Å². The van der Waals surface area contributed by atoms with E-state index < -0.39 is 0 Å². The van der Waals surface area contributed by atoms with E-state index in [4.69, 9.17) is 0 Å². The number of nitrogens with zero attached hydrogens (tertiary/aromatic N) is 1. The van der Waals surface area contributed by atoms with Crippen molar-refractivity contribution in [2.24, 2.45) is 0 Å². The molecule has 1 aromatic carbocycles. The zero-order chi connectivity index (χ0) is 14.9. The molecule has 0 spiro atoms. The van der Waals surface area contributed by atoms with E-state index >= 15 is 0 Å². The van der Waals surface area contributed by atoms with Crippen LogP contribution in [0.4, 0.5) is 4.39 Å². The van der Waals surface area contributed by atoms with Gasteiger partial charge in [-0.25, -0.2) is 4.39 Å². The fourth-order valence-corrected chi connectivity index (χ4v) is 2.08. The minimum Gasteiger partial charge on any atom is -0.356 e. The molecule has 1 amide bonds. The van der Waals surface area contributed by atoms with Gasteiger partial charge in [0, 0.05) is 18.9 Å². The third-order valence-corrected chi connectivity index (χ3v) is 3.22. The summed E-state index contributed by atoms with van der Waals surface area (Å²) in [6.07, 6.45) is 6.85. The van der Waals surface area contributed by atoms with Gasteiger partial charge in [-0.3, -0.25) is 9.78 Å². The third-order valence-electron chi connectivity index (χ3n) is 3.22. The molecule has 2 aromatic rings. The molecule has 0 aliphatic carbocycles. The Morgan fingerprint density at radius 1 is 1.10 bits per heavy atom. The summed E-state index contributed by atoms with van der Waals surface area (Å²) in [5, 5.41) is 2.88. The van der Waals surface area contributed by atoms with E-state index in [0.717, 1.165) is 24.8 Å². The monoisotopic (exact) mass is 286 g/mol. The van der Waals surface area contributed by atoms with Crippen LogP contribution in [0.25, 0.3) is 0 Å². The summed E-state index contributed by atoms with van der Waals surface area (Å²) in [5.74, 6) is -0.308. The van der Waals surface area contributed by atoms with E-state index in [0.29, 0.717) is 13.0 Å². The lowest BCUT2D eigenvalue weighted by atomic mass is 10.1. The fourth-order valence-electron chi connectivity index (χ4n) is 2.08. The second-order valence-electron chi connectivity index (χ2n) is 4.97. The molecule has 1 N–H and O–H groups in total. The normalized spacial score (nSPS) is 10.3. The smallest absolute Gasteiger partial charge is 0.224 e. The van der Waals surface area contributed by atoms with Crippen molar-refractivity contribution < 1.29 is 9.18 Å². The number of amides is 1. The topological polar surface area (TPSA) is 42.0 Å². The number of hydrogen-bond acceptors (Lipinski definition) is 2. The Morgan fingerprint density at radius 2 is 1.90 bits per heavy atom. The van der Waals surface area contributed by atoms with Crippen LogP contribution in [0.15, 0.2) is 48.8 Å². The van der Waals surface area contributed by atoms with Crippen LogP contribution in [-0.2, 0) is 17.6 Å². The van der Waals surface area contributed by atoms with E-state index in [1.165, 1.54) is 17.7 Å². The van der Waals surface area contributed by atoms with Crippen LogP contribution in [-0.4, -0.2) is 17.4 Å². The zero-order valence-corrected chi connectivity index (χ0v) is 11.9. The Hall–Kier alpha value is -2.23. The first-order valence-electron chi connectivity index (χ1n) is 7.14. The predicted molar refractivity (Wildman–Crippen MR) is 80.3 cm³/mol. The van der Waals surface area contributed by atoms with E-state index in [1.807, 2.05) is 12.3 Å². The average Bonchev–Trinajstić information content (AvgIpc) is 2.50. The molecule has 0 bridgehead atoms. The van der Waals surface area contributed by atoms with Crippen molar-refractivity contribution in [3.63, 3.8) is 0 Å². The molecule has 0 saturated heterocycles. The van der Waals surface area contributed by atoms with E-state index in [9.17, 15) is 9.18 Å². The van der Waals surface area contributed by atoms with Gasteiger partial charge >= 0.3 is 0 Å². The Labute approximate surface area is 124 Å². The zero-order valence-electron chi connectivity index (χ0n) is 11.9. The van der Waals surface area contributed by atoms with Crippen molar-refractivity contribution in [1.29, 1.82) is 0 Å². The highest BCUT2D eigenvalue weighted by Crippen LogP contribution is 2.04. The molecule has 4 heteroatoms. The highest BCUT2D eigenvalue weighted by atomic mass is 19.1. The van der Waals surface area contributed by atoms with Crippen LogP contribution in [0.5, 0.6) is 0 Å². The van der Waals surface area contributed by atoms with Gasteiger partial charge in [0.25, 0.3) is 0 Å². The number of carbonyl (C=O) groups is 1. The number of pyridine rings is 1. The van der Waals surface area contributed by atoms with Crippen molar-refractivity contribution in [2.75, 3.05) is 6.54 Å². The lowest BCUT2D eigenvalue weighted by molar-refractivity contribution is -0.120. The molecular weight excluding hydrogens is 267 g/mol. The highest BCUT2D eigenvalue weighted by Gasteiger charge is 2.03. The van der Waals surface area contributed by atoms with Crippen LogP contribution in [0.3, 0.4) is 0 Å².